The van der Waals surface area contributed by atoms with E-state index in [1.807, 2.05) is 22.6 Å². The minimum Gasteiger partial charge on any atom is -0.382 e. The Morgan fingerprint density at radius 2 is 2.19 bits per heavy atom. The number of aryl methyl sites for hydroxylation is 1. The summed E-state index contributed by atoms with van der Waals surface area (Å²) in [7, 11) is 1.72. The number of methoxy groups -OCH3 is 1. The van der Waals surface area contributed by atoms with E-state index in [2.05, 4.69) is 30.9 Å². The summed E-state index contributed by atoms with van der Waals surface area (Å²) in [5, 5.41) is 5.31. The summed E-state index contributed by atoms with van der Waals surface area (Å²) >= 11 is 0. The van der Waals surface area contributed by atoms with Crippen molar-refractivity contribution in [3.63, 3.8) is 0 Å². The number of rotatable bonds is 6. The Morgan fingerprint density at radius 1 is 1.42 bits per heavy atom. The molecule has 6 nitrogen and oxygen atoms in total. The Morgan fingerprint density at radius 3 is 2.85 bits per heavy atom. The monoisotopic (exact) mass is 358 g/mol. The van der Waals surface area contributed by atoms with Crippen LogP contribution in [0.15, 0.2) is 12.3 Å². The Balaban J connectivity index is 2.07. The molecule has 0 bridgehead atoms. The summed E-state index contributed by atoms with van der Waals surface area (Å²) in [6.45, 7) is 9.62. The van der Waals surface area contributed by atoms with Crippen molar-refractivity contribution >= 4 is 16.9 Å². The van der Waals surface area contributed by atoms with Gasteiger partial charge in [0.2, 0.25) is 0 Å². The lowest BCUT2D eigenvalue weighted by Gasteiger charge is -2.38. The summed E-state index contributed by atoms with van der Waals surface area (Å²) in [6, 6.07) is 2.10. The van der Waals surface area contributed by atoms with Crippen molar-refractivity contribution in [2.24, 2.45) is 0 Å². The van der Waals surface area contributed by atoms with Gasteiger partial charge in [0, 0.05) is 25.4 Å². The Hall–Kier alpha value is -1.95. The molecule has 1 fully saturated rings. The molecule has 1 unspecified atom stereocenters. The Labute approximate surface area is 155 Å². The molecular formula is C20H30N4O2. The molecule has 1 amide bonds. The maximum absolute atomic E-state index is 13.6. The average Bonchev–Trinajstić information content (AvgIpc) is 3.18. The van der Waals surface area contributed by atoms with Crippen LogP contribution in [0.2, 0.25) is 0 Å². The Bertz CT molecular complexity index is 790. The van der Waals surface area contributed by atoms with Gasteiger partial charge in [0.05, 0.1) is 29.3 Å². The molecule has 3 rings (SSSR count). The van der Waals surface area contributed by atoms with Crippen LogP contribution in [0.3, 0.4) is 0 Å². The SMILES string of the molecule is CCCC1(COC)CCCN1C(=O)c1cc(C)nc2c1cnn2C(C)C. The predicted molar refractivity (Wildman–Crippen MR) is 102 cm³/mol. The normalized spacial score (nSPS) is 20.5. The number of aromatic nitrogens is 3. The fourth-order valence-corrected chi connectivity index (χ4v) is 4.31. The first kappa shape index (κ1) is 18.8. The molecule has 2 aromatic heterocycles. The largest absolute Gasteiger partial charge is 0.382 e. The number of pyridine rings is 1. The number of likely N-dealkylation sites (tertiary alicyclic amines) is 1. The lowest BCUT2D eigenvalue weighted by Crippen LogP contribution is -2.50. The van der Waals surface area contributed by atoms with Crippen LogP contribution in [0.5, 0.6) is 0 Å². The molecule has 0 aliphatic carbocycles. The Kier molecular flexibility index (Phi) is 5.32. The van der Waals surface area contributed by atoms with Gasteiger partial charge in [-0.1, -0.05) is 13.3 Å². The van der Waals surface area contributed by atoms with E-state index in [1.165, 1.54) is 0 Å². The van der Waals surface area contributed by atoms with Gasteiger partial charge in [-0.05, 0) is 46.1 Å². The number of ether oxygens (including phenoxy) is 1. The number of hydrogen-bond donors (Lipinski definition) is 0. The molecule has 142 valence electrons. The molecule has 3 heterocycles. The van der Waals surface area contributed by atoms with Crippen molar-refractivity contribution in [3.8, 4) is 0 Å². The van der Waals surface area contributed by atoms with Crippen LogP contribution in [0.1, 0.15) is 68.5 Å². The molecule has 6 heteroatoms. The fraction of sp³-hybridized carbons (Fsp3) is 0.650. The van der Waals surface area contributed by atoms with Gasteiger partial charge < -0.3 is 9.64 Å². The van der Waals surface area contributed by atoms with Crippen molar-refractivity contribution in [2.75, 3.05) is 20.3 Å². The predicted octanol–water partition coefficient (Wildman–Crippen LogP) is 3.74. The second-order valence-corrected chi connectivity index (χ2v) is 7.70. The smallest absolute Gasteiger partial charge is 0.255 e. The van der Waals surface area contributed by atoms with Crippen LogP contribution in [0, 0.1) is 6.92 Å². The lowest BCUT2D eigenvalue weighted by molar-refractivity contribution is 0.0255. The fourth-order valence-electron chi connectivity index (χ4n) is 4.31. The standard InChI is InChI=1S/C20H30N4O2/c1-6-8-20(13-26-5)9-7-10-23(20)19(25)16-11-15(4)22-18-17(16)12-21-24(18)14(2)3/h11-12,14H,6-10,13H2,1-5H3. The molecule has 1 saturated heterocycles. The van der Waals surface area contributed by atoms with Gasteiger partial charge in [0.25, 0.3) is 5.91 Å². The second kappa shape index (κ2) is 7.35. The van der Waals surface area contributed by atoms with Crippen molar-refractivity contribution in [1.29, 1.82) is 0 Å². The van der Waals surface area contributed by atoms with Gasteiger partial charge >= 0.3 is 0 Å². The zero-order valence-electron chi connectivity index (χ0n) is 16.6. The number of fused-ring (bicyclic) bond motifs is 1. The highest BCUT2D eigenvalue weighted by Crippen LogP contribution is 2.36. The molecule has 1 atom stereocenters. The van der Waals surface area contributed by atoms with Crippen LogP contribution in [0.4, 0.5) is 0 Å². The zero-order chi connectivity index (χ0) is 18.9. The first-order chi connectivity index (χ1) is 12.4. The summed E-state index contributed by atoms with van der Waals surface area (Å²) in [5.74, 6) is 0.0757. The third-order valence-electron chi connectivity index (χ3n) is 5.38. The lowest BCUT2D eigenvalue weighted by atomic mass is 9.91. The molecule has 2 aromatic rings. The molecule has 0 radical (unpaired) electrons. The number of carbonyl (C=O) groups excluding carboxylic acids is 1. The summed E-state index contributed by atoms with van der Waals surface area (Å²) in [5.41, 5.74) is 2.14. The van der Waals surface area contributed by atoms with Crippen LogP contribution >= 0.6 is 0 Å². The maximum atomic E-state index is 13.6. The van der Waals surface area contributed by atoms with E-state index in [0.29, 0.717) is 12.2 Å². The van der Waals surface area contributed by atoms with Crippen LogP contribution in [-0.2, 0) is 4.74 Å². The van der Waals surface area contributed by atoms with Gasteiger partial charge in [-0.15, -0.1) is 0 Å². The van der Waals surface area contributed by atoms with Gasteiger partial charge in [-0.3, -0.25) is 4.79 Å². The molecule has 26 heavy (non-hydrogen) atoms. The van der Waals surface area contributed by atoms with Crippen LogP contribution in [-0.4, -0.2) is 51.4 Å². The van der Waals surface area contributed by atoms with Crippen LogP contribution in [0.25, 0.3) is 11.0 Å². The zero-order valence-corrected chi connectivity index (χ0v) is 16.6. The third-order valence-corrected chi connectivity index (χ3v) is 5.38. The van der Waals surface area contributed by atoms with Crippen LogP contribution < -0.4 is 0 Å². The van der Waals surface area contributed by atoms with E-state index >= 15 is 0 Å². The molecule has 0 saturated carbocycles. The van der Waals surface area contributed by atoms with Gasteiger partial charge in [-0.2, -0.15) is 5.10 Å². The highest BCUT2D eigenvalue weighted by Gasteiger charge is 2.43. The van der Waals surface area contributed by atoms with Gasteiger partial charge in [0.1, 0.15) is 0 Å². The molecule has 0 N–H and O–H groups in total. The first-order valence-corrected chi connectivity index (χ1v) is 9.59. The van der Waals surface area contributed by atoms with E-state index in [1.54, 1.807) is 13.3 Å². The number of amides is 1. The van der Waals surface area contributed by atoms with Gasteiger partial charge in [-0.25, -0.2) is 9.67 Å². The quantitative estimate of drug-likeness (QED) is 0.789. The number of nitrogens with zero attached hydrogens (tertiary/aromatic N) is 4. The summed E-state index contributed by atoms with van der Waals surface area (Å²) < 4.78 is 7.41. The maximum Gasteiger partial charge on any atom is 0.255 e. The van der Waals surface area contributed by atoms with Crippen molar-refractivity contribution in [2.45, 2.75) is 65.0 Å². The van der Waals surface area contributed by atoms with E-state index < -0.39 is 0 Å². The second-order valence-electron chi connectivity index (χ2n) is 7.70. The average molecular weight is 358 g/mol. The van der Waals surface area contributed by atoms with Crippen molar-refractivity contribution < 1.29 is 9.53 Å². The van der Waals surface area contributed by atoms with Crippen molar-refractivity contribution in [1.82, 2.24) is 19.7 Å². The molecule has 0 spiro atoms. The van der Waals surface area contributed by atoms with Crippen molar-refractivity contribution in [3.05, 3.63) is 23.5 Å². The first-order valence-electron chi connectivity index (χ1n) is 9.59. The van der Waals surface area contributed by atoms with E-state index in [9.17, 15) is 4.79 Å². The highest BCUT2D eigenvalue weighted by molar-refractivity contribution is 6.06. The van der Waals surface area contributed by atoms with E-state index in [0.717, 1.165) is 49.0 Å². The highest BCUT2D eigenvalue weighted by atomic mass is 16.5. The third kappa shape index (κ3) is 3.11. The van der Waals surface area contributed by atoms with E-state index in [-0.39, 0.29) is 17.5 Å². The number of carbonyl (C=O) groups is 1. The molecule has 1 aliphatic heterocycles. The van der Waals surface area contributed by atoms with Gasteiger partial charge in [0.15, 0.2) is 5.65 Å². The number of hydrogen-bond acceptors (Lipinski definition) is 4. The molecular weight excluding hydrogens is 328 g/mol. The summed E-state index contributed by atoms with van der Waals surface area (Å²) in [6.07, 6.45) is 5.80. The van der Waals surface area contributed by atoms with E-state index in [4.69, 9.17) is 4.74 Å². The summed E-state index contributed by atoms with van der Waals surface area (Å²) in [4.78, 5) is 20.2. The minimum absolute atomic E-state index is 0.0757. The molecule has 0 aromatic carbocycles. The molecule has 1 aliphatic rings. The minimum atomic E-state index is -0.196. The topological polar surface area (TPSA) is 60.2 Å².